The van der Waals surface area contributed by atoms with Gasteiger partial charge in [-0.25, -0.2) is 0 Å². The highest BCUT2D eigenvalue weighted by atomic mass is 16.5. The minimum absolute atomic E-state index is 0.0274. The summed E-state index contributed by atoms with van der Waals surface area (Å²) in [6, 6.07) is 34.0. The molecule has 0 aliphatic heterocycles. The van der Waals surface area contributed by atoms with Gasteiger partial charge in [0.2, 0.25) is 0 Å². The van der Waals surface area contributed by atoms with Crippen molar-refractivity contribution in [2.24, 2.45) is 0 Å². The molecule has 27 heavy (non-hydrogen) atoms. The molecule has 0 fully saturated rings. The molecule has 4 aromatic rings. The van der Waals surface area contributed by atoms with E-state index in [9.17, 15) is 4.79 Å². The summed E-state index contributed by atoms with van der Waals surface area (Å²) in [4.78, 5) is 12.7. The normalized spacial score (nSPS) is 10.9. The smallest absolute Gasteiger partial charge is 0.312 e. The van der Waals surface area contributed by atoms with Crippen LogP contribution in [0.15, 0.2) is 103 Å². The number of rotatable bonds is 5. The fourth-order valence-corrected chi connectivity index (χ4v) is 3.37. The maximum absolute atomic E-state index is 12.7. The standard InChI is InChI=1S/C25H20O2/c26-25(27-23-16-15-19-9-7-8-14-22(19)17-23)18-24(20-10-3-1-4-11-20)21-12-5-2-6-13-21/h1-17,24H,18H2. The van der Waals surface area contributed by atoms with Gasteiger partial charge in [-0.1, -0.05) is 91.0 Å². The fraction of sp³-hybridized carbons (Fsp3) is 0.0800. The topological polar surface area (TPSA) is 26.3 Å². The Balaban J connectivity index is 1.56. The molecule has 0 N–H and O–H groups in total. The van der Waals surface area contributed by atoms with Crippen LogP contribution in [-0.4, -0.2) is 5.97 Å². The SMILES string of the molecule is O=C(CC(c1ccccc1)c1ccccc1)Oc1ccc2ccccc2c1. The third-order valence-electron chi connectivity index (χ3n) is 4.73. The predicted molar refractivity (Wildman–Crippen MR) is 109 cm³/mol. The molecule has 4 rings (SSSR count). The zero-order chi connectivity index (χ0) is 18.5. The average molecular weight is 352 g/mol. The van der Waals surface area contributed by atoms with Crippen molar-refractivity contribution in [1.29, 1.82) is 0 Å². The Labute approximate surface area is 159 Å². The summed E-state index contributed by atoms with van der Waals surface area (Å²) >= 11 is 0. The minimum Gasteiger partial charge on any atom is -0.426 e. The highest BCUT2D eigenvalue weighted by molar-refractivity contribution is 5.84. The van der Waals surface area contributed by atoms with Gasteiger partial charge in [-0.3, -0.25) is 4.79 Å². The first kappa shape index (κ1) is 17.0. The lowest BCUT2D eigenvalue weighted by Crippen LogP contribution is -2.14. The summed E-state index contributed by atoms with van der Waals surface area (Å²) in [5, 5.41) is 2.19. The molecule has 0 bridgehead atoms. The van der Waals surface area contributed by atoms with Crippen LogP contribution in [0.2, 0.25) is 0 Å². The van der Waals surface area contributed by atoms with E-state index in [1.165, 1.54) is 0 Å². The third kappa shape index (κ3) is 4.06. The van der Waals surface area contributed by atoms with Gasteiger partial charge in [0.1, 0.15) is 5.75 Å². The van der Waals surface area contributed by atoms with E-state index < -0.39 is 0 Å². The molecular weight excluding hydrogens is 332 g/mol. The van der Waals surface area contributed by atoms with Gasteiger partial charge in [0.15, 0.2) is 0 Å². The van der Waals surface area contributed by atoms with Crippen LogP contribution < -0.4 is 4.74 Å². The fourth-order valence-electron chi connectivity index (χ4n) is 3.37. The molecule has 0 saturated heterocycles. The molecule has 0 aromatic heterocycles. The molecule has 0 spiro atoms. The van der Waals surface area contributed by atoms with Crippen LogP contribution in [-0.2, 0) is 4.79 Å². The average Bonchev–Trinajstić information content (AvgIpc) is 2.73. The third-order valence-corrected chi connectivity index (χ3v) is 4.73. The Bertz CT molecular complexity index is 1000. The molecule has 132 valence electrons. The molecule has 4 aromatic carbocycles. The Morgan fingerprint density at radius 1 is 0.667 bits per heavy atom. The summed E-state index contributed by atoms with van der Waals surface area (Å²) in [6.45, 7) is 0. The van der Waals surface area contributed by atoms with Crippen molar-refractivity contribution in [2.75, 3.05) is 0 Å². The van der Waals surface area contributed by atoms with E-state index in [2.05, 4.69) is 24.3 Å². The van der Waals surface area contributed by atoms with Crippen LogP contribution in [0.1, 0.15) is 23.5 Å². The van der Waals surface area contributed by atoms with Crippen molar-refractivity contribution in [1.82, 2.24) is 0 Å². The van der Waals surface area contributed by atoms with Gasteiger partial charge in [0, 0.05) is 5.92 Å². The lowest BCUT2D eigenvalue weighted by atomic mass is 9.88. The summed E-state index contributed by atoms with van der Waals surface area (Å²) in [7, 11) is 0. The first-order valence-corrected chi connectivity index (χ1v) is 9.09. The van der Waals surface area contributed by atoms with E-state index in [0.717, 1.165) is 21.9 Å². The van der Waals surface area contributed by atoms with Crippen LogP contribution in [0.3, 0.4) is 0 Å². The second-order valence-corrected chi connectivity index (χ2v) is 6.56. The molecule has 2 heteroatoms. The maximum atomic E-state index is 12.7. The van der Waals surface area contributed by atoms with Crippen molar-refractivity contribution in [2.45, 2.75) is 12.3 Å². The lowest BCUT2D eigenvalue weighted by molar-refractivity contribution is -0.134. The number of hydrogen-bond acceptors (Lipinski definition) is 2. The molecule has 0 amide bonds. The van der Waals surface area contributed by atoms with Crippen LogP contribution >= 0.6 is 0 Å². The molecular formula is C25H20O2. The van der Waals surface area contributed by atoms with E-state index in [4.69, 9.17) is 4.74 Å². The van der Waals surface area contributed by atoms with Crippen LogP contribution in [0, 0.1) is 0 Å². The van der Waals surface area contributed by atoms with Gasteiger partial charge in [-0.15, -0.1) is 0 Å². The van der Waals surface area contributed by atoms with E-state index in [1.54, 1.807) is 0 Å². The highest BCUT2D eigenvalue weighted by Gasteiger charge is 2.19. The summed E-state index contributed by atoms with van der Waals surface area (Å²) in [5.41, 5.74) is 2.22. The molecule has 2 nitrogen and oxygen atoms in total. The van der Waals surface area contributed by atoms with E-state index in [-0.39, 0.29) is 11.9 Å². The summed E-state index contributed by atoms with van der Waals surface area (Å²) in [6.07, 6.45) is 0.293. The molecule has 0 heterocycles. The number of hydrogen-bond donors (Lipinski definition) is 0. The molecule has 0 atom stereocenters. The second kappa shape index (κ2) is 7.88. The Morgan fingerprint density at radius 3 is 1.85 bits per heavy atom. The van der Waals surface area contributed by atoms with Gasteiger partial charge < -0.3 is 4.74 Å². The van der Waals surface area contributed by atoms with Crippen molar-refractivity contribution >= 4 is 16.7 Å². The number of esters is 1. The first-order valence-electron chi connectivity index (χ1n) is 9.09. The number of ether oxygens (including phenoxy) is 1. The summed E-state index contributed by atoms with van der Waals surface area (Å²) < 4.78 is 5.66. The van der Waals surface area contributed by atoms with Crippen LogP contribution in [0.25, 0.3) is 10.8 Å². The zero-order valence-electron chi connectivity index (χ0n) is 14.9. The monoisotopic (exact) mass is 352 g/mol. The maximum Gasteiger partial charge on any atom is 0.312 e. The molecule has 0 aliphatic rings. The van der Waals surface area contributed by atoms with Gasteiger partial charge in [-0.05, 0) is 34.0 Å². The minimum atomic E-state index is -0.233. The quantitative estimate of drug-likeness (QED) is 0.327. The van der Waals surface area contributed by atoms with Crippen molar-refractivity contribution in [3.63, 3.8) is 0 Å². The number of carbonyl (C=O) groups excluding carboxylic acids is 1. The largest absolute Gasteiger partial charge is 0.426 e. The van der Waals surface area contributed by atoms with Gasteiger partial charge in [-0.2, -0.15) is 0 Å². The predicted octanol–water partition coefficient (Wildman–Crippen LogP) is 5.97. The van der Waals surface area contributed by atoms with E-state index >= 15 is 0 Å². The highest BCUT2D eigenvalue weighted by Crippen LogP contribution is 2.29. The van der Waals surface area contributed by atoms with Gasteiger partial charge >= 0.3 is 5.97 Å². The van der Waals surface area contributed by atoms with Crippen LogP contribution in [0.5, 0.6) is 5.75 Å². The Kier molecular flexibility index (Phi) is 4.97. The van der Waals surface area contributed by atoms with E-state index in [1.807, 2.05) is 78.9 Å². The number of fused-ring (bicyclic) bond motifs is 1. The Morgan fingerprint density at radius 2 is 1.22 bits per heavy atom. The molecule has 0 saturated carbocycles. The second-order valence-electron chi connectivity index (χ2n) is 6.56. The first-order chi connectivity index (χ1) is 13.3. The molecule has 0 radical (unpaired) electrons. The summed E-state index contributed by atoms with van der Waals surface area (Å²) in [5.74, 6) is 0.321. The van der Waals surface area contributed by atoms with Crippen LogP contribution in [0.4, 0.5) is 0 Å². The van der Waals surface area contributed by atoms with Crippen molar-refractivity contribution in [3.05, 3.63) is 114 Å². The molecule has 0 aliphatic carbocycles. The molecule has 0 unspecified atom stereocenters. The van der Waals surface area contributed by atoms with Crippen molar-refractivity contribution in [3.8, 4) is 5.75 Å². The lowest BCUT2D eigenvalue weighted by Gasteiger charge is -2.17. The van der Waals surface area contributed by atoms with Gasteiger partial charge in [0.25, 0.3) is 0 Å². The zero-order valence-corrected chi connectivity index (χ0v) is 14.9. The number of benzene rings is 4. The number of carbonyl (C=O) groups is 1. The Hall–Kier alpha value is -3.39. The van der Waals surface area contributed by atoms with Crippen molar-refractivity contribution < 1.29 is 9.53 Å². The van der Waals surface area contributed by atoms with E-state index in [0.29, 0.717) is 12.2 Å². The van der Waals surface area contributed by atoms with Gasteiger partial charge in [0.05, 0.1) is 6.42 Å².